The van der Waals surface area contributed by atoms with E-state index in [1.54, 1.807) is 34.5 Å². The number of hydrogen-bond donors (Lipinski definition) is 1. The summed E-state index contributed by atoms with van der Waals surface area (Å²) in [5, 5.41) is 5.52. The molecule has 12 heteroatoms. The Morgan fingerprint density at radius 3 is 2.50 bits per heavy atom. The molecule has 3 aromatic rings. The van der Waals surface area contributed by atoms with E-state index in [9.17, 15) is 22.8 Å². The highest BCUT2D eigenvalue weighted by molar-refractivity contribution is 7.10. The molecule has 2 aliphatic rings. The Bertz CT molecular complexity index is 1370. The van der Waals surface area contributed by atoms with Crippen molar-refractivity contribution in [3.05, 3.63) is 69.1 Å². The van der Waals surface area contributed by atoms with Gasteiger partial charge in [-0.2, -0.15) is 13.2 Å². The topological polar surface area (TPSA) is 74.8 Å². The van der Waals surface area contributed by atoms with Gasteiger partial charge in [-0.15, -0.1) is 11.3 Å². The van der Waals surface area contributed by atoms with E-state index in [1.807, 2.05) is 4.90 Å². The molecule has 1 N–H and O–H groups in total. The number of likely N-dealkylation sites (tertiary alicyclic amines) is 1. The average molecular weight is 593 g/mol. The highest BCUT2D eigenvalue weighted by atomic mass is 35.5. The van der Waals surface area contributed by atoms with Crippen LogP contribution in [-0.4, -0.2) is 54.5 Å². The predicted molar refractivity (Wildman–Crippen MR) is 148 cm³/mol. The van der Waals surface area contributed by atoms with Crippen molar-refractivity contribution in [3.63, 3.8) is 0 Å². The summed E-state index contributed by atoms with van der Waals surface area (Å²) in [6, 6.07) is 10.4. The first-order valence-corrected chi connectivity index (χ1v) is 14.3. The van der Waals surface area contributed by atoms with Crippen LogP contribution < -0.4 is 15.0 Å². The van der Waals surface area contributed by atoms with Gasteiger partial charge in [0.2, 0.25) is 0 Å². The lowest BCUT2D eigenvalue weighted by Gasteiger charge is -2.31. The van der Waals surface area contributed by atoms with Crippen molar-refractivity contribution in [2.24, 2.45) is 0 Å². The van der Waals surface area contributed by atoms with Gasteiger partial charge in [-0.25, -0.2) is 4.98 Å². The Hall–Kier alpha value is -3.31. The van der Waals surface area contributed by atoms with E-state index in [1.165, 1.54) is 17.4 Å². The summed E-state index contributed by atoms with van der Waals surface area (Å²) in [5.41, 5.74) is 0.0479. The summed E-state index contributed by atoms with van der Waals surface area (Å²) in [6.07, 6.45) is -1.27. The molecular formula is C28H28ClF3N4O3S. The fourth-order valence-electron chi connectivity index (χ4n) is 4.98. The predicted octanol–water partition coefficient (Wildman–Crippen LogP) is 6.45. The Kier molecular flexibility index (Phi) is 8.51. The number of piperidine rings is 1. The average Bonchev–Trinajstić information content (AvgIpc) is 3.65. The lowest BCUT2D eigenvalue weighted by molar-refractivity contribution is -0.137. The zero-order valence-electron chi connectivity index (χ0n) is 21.5. The van der Waals surface area contributed by atoms with Gasteiger partial charge >= 0.3 is 6.18 Å². The molecule has 0 aliphatic carbocycles. The number of benzene rings is 2. The smallest absolute Gasteiger partial charge is 0.416 e. The Morgan fingerprint density at radius 2 is 1.80 bits per heavy atom. The maximum absolute atomic E-state index is 13.4. The number of carbonyl (C=O) groups is 2. The first kappa shape index (κ1) is 28.2. The van der Waals surface area contributed by atoms with Gasteiger partial charge in [-0.05, 0) is 56.0 Å². The molecule has 2 aromatic carbocycles. The minimum absolute atomic E-state index is 0.0776. The fourth-order valence-corrected chi connectivity index (χ4v) is 6.14. The number of halogens is 4. The van der Waals surface area contributed by atoms with Crippen LogP contribution in [-0.2, 0) is 11.0 Å². The number of alkyl halides is 3. The molecule has 0 unspecified atom stereocenters. The zero-order valence-corrected chi connectivity index (χ0v) is 23.1. The molecule has 0 spiro atoms. The van der Waals surface area contributed by atoms with Crippen molar-refractivity contribution in [1.82, 2.24) is 9.88 Å². The number of nitrogens with zero attached hydrogens (tertiary/aromatic N) is 3. The maximum Gasteiger partial charge on any atom is 0.416 e. The molecule has 212 valence electrons. The normalized spacial score (nSPS) is 16.3. The first-order valence-electron chi connectivity index (χ1n) is 13.1. The van der Waals surface area contributed by atoms with Crippen LogP contribution in [0.3, 0.4) is 0 Å². The minimum atomic E-state index is -4.52. The number of amides is 2. The van der Waals surface area contributed by atoms with E-state index in [2.05, 4.69) is 10.3 Å². The Morgan fingerprint density at radius 1 is 1.07 bits per heavy atom. The van der Waals surface area contributed by atoms with Gasteiger partial charge in [0.1, 0.15) is 11.4 Å². The van der Waals surface area contributed by atoms with Crippen LogP contribution >= 0.6 is 22.9 Å². The van der Waals surface area contributed by atoms with Crippen LogP contribution in [0.25, 0.3) is 0 Å². The Balaban J connectivity index is 1.19. The van der Waals surface area contributed by atoms with Crippen LogP contribution in [0.15, 0.2) is 47.8 Å². The zero-order chi connectivity index (χ0) is 28.3. The molecule has 0 atom stereocenters. The molecule has 3 heterocycles. The van der Waals surface area contributed by atoms with Crippen molar-refractivity contribution in [2.45, 2.75) is 37.8 Å². The number of thiazole rings is 1. The van der Waals surface area contributed by atoms with Crippen LogP contribution in [0.4, 0.5) is 24.5 Å². The first-order chi connectivity index (χ1) is 19.2. The number of carbonyl (C=O) groups excluding carboxylic acids is 2. The lowest BCUT2D eigenvalue weighted by Crippen LogP contribution is -2.40. The number of anilines is 2. The minimum Gasteiger partial charge on any atom is -0.482 e. The molecule has 0 saturated carbocycles. The number of ether oxygens (including phenoxy) is 1. The van der Waals surface area contributed by atoms with Gasteiger partial charge in [0.15, 0.2) is 6.61 Å². The van der Waals surface area contributed by atoms with E-state index in [4.69, 9.17) is 16.3 Å². The number of aromatic nitrogens is 1. The molecule has 2 aliphatic heterocycles. The quantitative estimate of drug-likeness (QED) is 0.341. The van der Waals surface area contributed by atoms with E-state index in [0.29, 0.717) is 42.4 Å². The maximum atomic E-state index is 13.4. The van der Waals surface area contributed by atoms with E-state index >= 15 is 0 Å². The second-order valence-electron chi connectivity index (χ2n) is 9.82. The van der Waals surface area contributed by atoms with E-state index in [0.717, 1.165) is 43.1 Å². The second-order valence-corrected chi connectivity index (χ2v) is 11.1. The van der Waals surface area contributed by atoms with Gasteiger partial charge in [0.05, 0.1) is 27.0 Å². The fraction of sp³-hybridized carbons (Fsp3) is 0.393. The van der Waals surface area contributed by atoms with Crippen molar-refractivity contribution in [2.75, 3.05) is 43.0 Å². The highest BCUT2D eigenvalue weighted by Gasteiger charge is 2.32. The molecule has 2 saturated heterocycles. The van der Waals surface area contributed by atoms with Gasteiger partial charge in [0.25, 0.3) is 11.8 Å². The van der Waals surface area contributed by atoms with Crippen molar-refractivity contribution < 1.29 is 27.5 Å². The summed E-state index contributed by atoms with van der Waals surface area (Å²) in [4.78, 5) is 33.9. The van der Waals surface area contributed by atoms with Gasteiger partial charge < -0.3 is 19.9 Å². The number of rotatable bonds is 7. The second kappa shape index (κ2) is 12.1. The number of hydrogen-bond acceptors (Lipinski definition) is 6. The molecule has 1 aromatic heterocycles. The number of para-hydroxylation sites is 1. The third kappa shape index (κ3) is 6.52. The van der Waals surface area contributed by atoms with Crippen LogP contribution in [0, 0.1) is 0 Å². The third-order valence-corrected chi connectivity index (χ3v) is 8.48. The molecule has 40 heavy (non-hydrogen) atoms. The highest BCUT2D eigenvalue weighted by Crippen LogP contribution is 2.37. The molecule has 2 fully saturated rings. The van der Waals surface area contributed by atoms with Gasteiger partial charge in [0, 0.05) is 37.5 Å². The third-order valence-electron chi connectivity index (χ3n) is 7.16. The summed E-state index contributed by atoms with van der Waals surface area (Å²) < 4.78 is 45.7. The SMILES string of the molecule is O=C(Nc1cc(C(F)(F)F)ccc1N1CCCC1)c1csc(C2CCN(C(=O)COc3ccccc3Cl)CC2)n1. The summed E-state index contributed by atoms with van der Waals surface area (Å²) in [7, 11) is 0. The Labute approximate surface area is 238 Å². The lowest BCUT2D eigenvalue weighted by atomic mass is 9.97. The largest absolute Gasteiger partial charge is 0.482 e. The van der Waals surface area contributed by atoms with E-state index in [-0.39, 0.29) is 29.8 Å². The monoisotopic (exact) mass is 592 g/mol. The summed E-state index contributed by atoms with van der Waals surface area (Å²) in [5.74, 6) is -0.147. The van der Waals surface area contributed by atoms with Crippen molar-refractivity contribution in [3.8, 4) is 5.75 Å². The van der Waals surface area contributed by atoms with Gasteiger partial charge in [-0.3, -0.25) is 9.59 Å². The molecule has 7 nitrogen and oxygen atoms in total. The standard InChI is InChI=1S/C28H28ClF3N4O3S/c29-20-5-1-2-6-24(20)39-16-25(37)36-13-9-18(10-14-36)27-34-22(17-40-27)26(38)33-21-15-19(28(30,31)32)7-8-23(21)35-11-3-4-12-35/h1-2,5-8,15,17-18H,3-4,9-14,16H2,(H,33,38). The van der Waals surface area contributed by atoms with Crippen LogP contribution in [0.1, 0.15) is 52.7 Å². The molecular weight excluding hydrogens is 565 g/mol. The van der Waals surface area contributed by atoms with Crippen molar-refractivity contribution in [1.29, 1.82) is 0 Å². The van der Waals surface area contributed by atoms with E-state index < -0.39 is 17.6 Å². The molecule has 0 bridgehead atoms. The molecule has 2 amide bonds. The van der Waals surface area contributed by atoms with Crippen molar-refractivity contribution >= 4 is 46.1 Å². The molecule has 5 rings (SSSR count). The van der Waals surface area contributed by atoms with Gasteiger partial charge in [-0.1, -0.05) is 23.7 Å². The number of nitrogens with one attached hydrogen (secondary N) is 1. The van der Waals surface area contributed by atoms with Crippen LogP contribution in [0.2, 0.25) is 5.02 Å². The van der Waals surface area contributed by atoms with Crippen LogP contribution in [0.5, 0.6) is 5.75 Å². The molecule has 0 radical (unpaired) electrons. The summed E-state index contributed by atoms with van der Waals surface area (Å²) >= 11 is 7.43. The summed E-state index contributed by atoms with van der Waals surface area (Å²) in [6.45, 7) is 2.40.